The Morgan fingerprint density at radius 2 is 0.843 bits per heavy atom. The first-order chi connectivity index (χ1) is 40.1. The van der Waals surface area contributed by atoms with Gasteiger partial charge in [-0.1, -0.05) is 202 Å². The van der Waals surface area contributed by atoms with Crippen LogP contribution in [0.4, 0.5) is 0 Å². The number of benzene rings is 2. The van der Waals surface area contributed by atoms with Crippen LogP contribution in [-0.4, -0.2) is 73.6 Å². The largest absolute Gasteiger partial charge is 5.00 e. The number of allylic oxidation sites excluding steroid dienone is 5. The summed E-state index contributed by atoms with van der Waals surface area (Å²) < 4.78 is 0. The molecule has 11 rings (SSSR count). The second kappa shape index (κ2) is 30.1. The predicted molar refractivity (Wildman–Crippen MR) is 353 cm³/mol. The minimum Gasteiger partial charge on any atom is -0.687 e. The van der Waals surface area contributed by atoms with Crippen molar-refractivity contribution in [3.8, 4) is 22.3 Å². The van der Waals surface area contributed by atoms with Gasteiger partial charge in [-0.15, -0.1) is 41.7 Å². The molecule has 8 nitrogen and oxygen atoms in total. The maximum Gasteiger partial charge on any atom is 5.00 e. The van der Waals surface area contributed by atoms with Gasteiger partial charge in [-0.2, -0.15) is 6.20 Å². The fraction of sp³-hybridized carbons (Fsp3) is 0.514. The van der Waals surface area contributed by atoms with Gasteiger partial charge in [0.2, 0.25) is 0 Å². The van der Waals surface area contributed by atoms with E-state index in [9.17, 15) is 0 Å². The van der Waals surface area contributed by atoms with Crippen molar-refractivity contribution in [2.45, 2.75) is 202 Å². The van der Waals surface area contributed by atoms with E-state index in [-0.39, 0.29) is 17.1 Å². The Kier molecular flexibility index (Phi) is 23.0. The Bertz CT molecular complexity index is 3090. The van der Waals surface area contributed by atoms with E-state index in [1.54, 1.807) is 0 Å². The standard InChI is InChI=1S/C60H72N4.C7H15N2.C7H11N2.Fe/c1-9-41-42(10-2)54-50(38-31-23-18-24-32-38)56-45(13-5)46(14-6)58(63-56)52(40-35-27-20-28-36-40)60-48(16-8)47(15-7)59(64-60)51(39-33-25-19-26-34-39)57-44(12-4)43(11-3)55(62-57)49(53(41)61-54)37-29-21-17-22-30-37;2*1-9(2)7-3-5-8-6-4-7;/h17-18,21-24,29-32,39-40H,9-16,19-20,25-28,33-36H2,1-8H3;7H,3-6H2,1-2H3;3-5H,6H2,1-2H3;/q-2;2*-1;+5. The average molecular weight is 1160 g/mol. The average Bonchev–Trinajstić information content (AvgIpc) is 4.32. The summed E-state index contributed by atoms with van der Waals surface area (Å²) in [5.41, 5.74) is 29.3. The molecule has 441 valence electrons. The molecule has 9 heteroatoms. The number of likely N-dealkylation sites (N-methyl/N-ethyl adjacent to an activating group) is 1. The summed E-state index contributed by atoms with van der Waals surface area (Å²) in [6.07, 6.45) is 28.3. The monoisotopic (exact) mass is 1150 g/mol. The number of piperidine rings is 1. The van der Waals surface area contributed by atoms with E-state index < -0.39 is 0 Å². The van der Waals surface area contributed by atoms with Crippen molar-refractivity contribution in [3.63, 3.8) is 0 Å². The molecular weight excluding hydrogens is 1060 g/mol. The van der Waals surface area contributed by atoms with E-state index in [1.807, 2.05) is 26.4 Å². The first-order valence-corrected chi connectivity index (χ1v) is 32.4. The molecule has 6 aliphatic rings. The van der Waals surface area contributed by atoms with E-state index in [0.717, 1.165) is 99.5 Å². The van der Waals surface area contributed by atoms with Gasteiger partial charge >= 0.3 is 17.1 Å². The molecule has 4 aliphatic heterocycles. The number of aromatic nitrogens is 4. The second-order valence-electron chi connectivity index (χ2n) is 23.9. The Balaban J connectivity index is 0.000000403. The number of fused-ring (bicyclic) bond motifs is 8. The van der Waals surface area contributed by atoms with Gasteiger partial charge < -0.3 is 30.4 Å². The van der Waals surface area contributed by atoms with Crippen LogP contribution in [0.3, 0.4) is 0 Å². The summed E-state index contributed by atoms with van der Waals surface area (Å²) in [6, 6.07) is 23.0. The quantitative estimate of drug-likeness (QED) is 0.103. The Morgan fingerprint density at radius 3 is 1.17 bits per heavy atom. The molecule has 83 heavy (non-hydrogen) atoms. The van der Waals surface area contributed by atoms with Gasteiger partial charge in [-0.3, -0.25) is 0 Å². The Hall–Kier alpha value is -5.44. The maximum absolute atomic E-state index is 6.16. The number of rotatable bonds is 14. The number of hydrogen-bond acceptors (Lipinski definition) is 4. The summed E-state index contributed by atoms with van der Waals surface area (Å²) in [5, 5.41) is 8.31. The van der Waals surface area contributed by atoms with Crippen LogP contribution >= 0.6 is 0 Å². The molecule has 0 amide bonds. The van der Waals surface area contributed by atoms with Crippen molar-refractivity contribution in [2.24, 2.45) is 0 Å². The number of aryl methyl sites for hydroxylation is 4. The summed E-state index contributed by atoms with van der Waals surface area (Å²) in [4.78, 5) is 28.8. The first kappa shape index (κ1) is 63.6. The van der Waals surface area contributed by atoms with Gasteiger partial charge in [-0.25, -0.2) is 9.97 Å². The van der Waals surface area contributed by atoms with E-state index in [0.29, 0.717) is 11.8 Å². The van der Waals surface area contributed by atoms with Gasteiger partial charge in [0, 0.05) is 25.8 Å². The summed E-state index contributed by atoms with van der Waals surface area (Å²) >= 11 is 0. The molecule has 2 aromatic carbocycles. The van der Waals surface area contributed by atoms with Crippen LogP contribution in [0.1, 0.15) is 226 Å². The molecule has 3 fully saturated rings. The van der Waals surface area contributed by atoms with Crippen LogP contribution in [0, 0.1) is 0 Å². The third-order valence-corrected chi connectivity index (χ3v) is 18.8. The van der Waals surface area contributed by atoms with Crippen molar-refractivity contribution in [1.29, 1.82) is 0 Å². The minimum atomic E-state index is 0. The molecule has 0 N–H and O–H groups in total. The second-order valence-corrected chi connectivity index (χ2v) is 23.9. The summed E-state index contributed by atoms with van der Waals surface area (Å²) in [7, 11) is 8.36. The third-order valence-electron chi connectivity index (χ3n) is 18.8. The van der Waals surface area contributed by atoms with Crippen molar-refractivity contribution < 1.29 is 17.1 Å². The Labute approximate surface area is 511 Å². The van der Waals surface area contributed by atoms with Gasteiger partial charge in [0.05, 0.1) is 22.8 Å². The Morgan fingerprint density at radius 1 is 0.458 bits per heavy atom. The molecule has 1 saturated heterocycles. The van der Waals surface area contributed by atoms with Gasteiger partial charge in [0.1, 0.15) is 0 Å². The van der Waals surface area contributed by atoms with Crippen LogP contribution in [0.15, 0.2) is 84.7 Å². The van der Waals surface area contributed by atoms with Gasteiger partial charge in [0.25, 0.3) is 0 Å². The van der Waals surface area contributed by atoms with E-state index in [4.69, 9.17) is 19.9 Å². The van der Waals surface area contributed by atoms with E-state index in [2.05, 4.69) is 157 Å². The fourth-order valence-electron chi connectivity index (χ4n) is 14.6. The van der Waals surface area contributed by atoms with Crippen molar-refractivity contribution in [3.05, 3.63) is 152 Å². The minimum absolute atomic E-state index is 0. The molecule has 0 spiro atoms. The summed E-state index contributed by atoms with van der Waals surface area (Å²) in [6.45, 7) is 21.8. The zero-order valence-corrected chi connectivity index (χ0v) is 54.0. The molecular formula is C74H98FeN8+. The van der Waals surface area contributed by atoms with Crippen molar-refractivity contribution in [1.82, 2.24) is 29.7 Å². The first-order valence-electron chi connectivity index (χ1n) is 32.4. The molecule has 2 aliphatic carbocycles. The molecule has 0 atom stereocenters. The topological polar surface area (TPSA) is 88.7 Å². The predicted octanol–water partition coefficient (Wildman–Crippen LogP) is 19.1. The molecule has 8 bridgehead atoms. The number of hydrogen-bond donors (Lipinski definition) is 0. The van der Waals surface area contributed by atoms with Crippen molar-refractivity contribution >= 4 is 44.4 Å². The van der Waals surface area contributed by atoms with Crippen LogP contribution < -0.4 is 9.97 Å². The van der Waals surface area contributed by atoms with Gasteiger partial charge in [-0.05, 0) is 159 Å². The zero-order chi connectivity index (χ0) is 57.9. The number of nitrogens with zero attached hydrogens (tertiary/aromatic N) is 8. The van der Waals surface area contributed by atoms with Crippen LogP contribution in [0.25, 0.3) is 77.2 Å². The van der Waals surface area contributed by atoms with Crippen molar-refractivity contribution in [2.75, 3.05) is 47.8 Å². The molecule has 0 unspecified atom stereocenters. The fourth-order valence-corrected chi connectivity index (χ4v) is 14.6. The maximum atomic E-state index is 6.16. The van der Waals surface area contributed by atoms with E-state index >= 15 is 0 Å². The van der Waals surface area contributed by atoms with Crippen LogP contribution in [0.5, 0.6) is 0 Å². The third kappa shape index (κ3) is 13.3. The van der Waals surface area contributed by atoms with Crippen LogP contribution in [0.2, 0.25) is 0 Å². The zero-order valence-electron chi connectivity index (χ0n) is 52.9. The molecule has 5 aromatic rings. The normalized spacial score (nSPS) is 16.9. The molecule has 3 aromatic heterocycles. The summed E-state index contributed by atoms with van der Waals surface area (Å²) in [5.74, 6) is 0.847. The van der Waals surface area contributed by atoms with Crippen LogP contribution in [-0.2, 0) is 42.8 Å². The molecule has 2 saturated carbocycles. The van der Waals surface area contributed by atoms with E-state index in [1.165, 1.54) is 183 Å². The smallest absolute Gasteiger partial charge is 0.687 e. The molecule has 1 radical (unpaired) electrons. The van der Waals surface area contributed by atoms with Gasteiger partial charge in [0.15, 0.2) is 0 Å². The SMILES string of the molecule is CCC1=C(CC)c2nc1c(-c1ccccc1)c1[n-]c(c(CC)c1CC)c(-c1ccccc1)c1nc(c(C3CCCCC3)c3[n-]c(c(CC)c3CC)c2C2CCCCC2)C(CC)=C1CC.CN(C)C1=CC[N-]C=C1.CN(C)C1CC[N-]CC1.[Fe+5]. The molecule has 7 heterocycles.